The van der Waals surface area contributed by atoms with E-state index < -0.39 is 10.0 Å². The predicted molar refractivity (Wildman–Crippen MR) is 112 cm³/mol. The number of hydrogen-bond donors (Lipinski definition) is 1. The molecule has 0 radical (unpaired) electrons. The van der Waals surface area contributed by atoms with Crippen molar-refractivity contribution in [2.75, 3.05) is 19.7 Å². The number of carbonyl (C=O) groups excluding carboxylic acids is 1. The molecular weight excluding hydrogens is 404 g/mol. The molecule has 4 rings (SSSR count). The zero-order valence-corrected chi connectivity index (χ0v) is 17.9. The molecule has 3 unspecified atom stereocenters. The van der Waals surface area contributed by atoms with Crippen molar-refractivity contribution in [1.29, 1.82) is 0 Å². The zero-order valence-electron chi connectivity index (χ0n) is 17.1. The van der Waals surface area contributed by atoms with Gasteiger partial charge in [-0.05, 0) is 38.1 Å². The normalized spacial score (nSPS) is 24.5. The number of rotatable bonds is 4. The number of carbonyl (C=O) groups is 1. The fourth-order valence-corrected chi connectivity index (χ4v) is 5.64. The molecule has 0 bridgehead atoms. The molecule has 1 saturated heterocycles. The number of ether oxygens (including phenoxy) is 2. The number of para-hydroxylation sites is 1. The number of nitrogens with one attached hydrogen (secondary N) is 1. The third-order valence-corrected chi connectivity index (χ3v) is 7.21. The van der Waals surface area contributed by atoms with E-state index in [1.807, 2.05) is 38.1 Å². The van der Waals surface area contributed by atoms with Crippen LogP contribution in [-0.2, 0) is 14.8 Å². The van der Waals surface area contributed by atoms with Gasteiger partial charge in [0.2, 0.25) is 10.0 Å². The van der Waals surface area contributed by atoms with Crippen molar-refractivity contribution < 1.29 is 22.7 Å². The molecule has 0 aliphatic carbocycles. The van der Waals surface area contributed by atoms with E-state index in [-0.39, 0.29) is 29.1 Å². The SMILES string of the molecule is CC1CN(S(=O)(=O)c2cccc(C(=O)NC3CCOc4ccccc43)c2)CC(C)O1. The van der Waals surface area contributed by atoms with E-state index in [1.165, 1.54) is 16.4 Å². The first-order chi connectivity index (χ1) is 14.3. The summed E-state index contributed by atoms with van der Waals surface area (Å²) in [6.07, 6.45) is 0.303. The van der Waals surface area contributed by atoms with E-state index in [0.29, 0.717) is 31.7 Å². The van der Waals surface area contributed by atoms with Gasteiger partial charge in [0.15, 0.2) is 0 Å². The molecule has 0 aromatic heterocycles. The summed E-state index contributed by atoms with van der Waals surface area (Å²) in [5.74, 6) is 0.457. The summed E-state index contributed by atoms with van der Waals surface area (Å²) in [7, 11) is -3.71. The third-order valence-electron chi connectivity index (χ3n) is 5.38. The van der Waals surface area contributed by atoms with Gasteiger partial charge in [-0.15, -0.1) is 0 Å². The summed E-state index contributed by atoms with van der Waals surface area (Å²) in [4.78, 5) is 13.0. The molecule has 2 heterocycles. The number of hydrogen-bond acceptors (Lipinski definition) is 5. The second kappa shape index (κ2) is 8.37. The molecule has 0 saturated carbocycles. The fourth-order valence-electron chi connectivity index (χ4n) is 4.01. The Kier molecular flexibility index (Phi) is 5.81. The van der Waals surface area contributed by atoms with Gasteiger partial charge in [0.25, 0.3) is 5.91 Å². The molecular formula is C22H26N2O5S. The largest absolute Gasteiger partial charge is 0.493 e. The van der Waals surface area contributed by atoms with Gasteiger partial charge in [0, 0.05) is 30.6 Å². The Balaban J connectivity index is 1.54. The summed E-state index contributed by atoms with van der Waals surface area (Å²) in [5, 5.41) is 3.02. The third kappa shape index (κ3) is 4.21. The van der Waals surface area contributed by atoms with E-state index >= 15 is 0 Å². The Morgan fingerprint density at radius 1 is 1.07 bits per heavy atom. The molecule has 8 heteroatoms. The first-order valence-corrected chi connectivity index (χ1v) is 11.6. The van der Waals surface area contributed by atoms with Gasteiger partial charge in [-0.1, -0.05) is 24.3 Å². The molecule has 1 fully saturated rings. The summed E-state index contributed by atoms with van der Waals surface area (Å²) >= 11 is 0. The van der Waals surface area contributed by atoms with Gasteiger partial charge in [-0.2, -0.15) is 4.31 Å². The number of nitrogens with zero attached hydrogens (tertiary/aromatic N) is 1. The standard InChI is InChI=1S/C22H26N2O5S/c1-15-13-24(14-16(2)29-15)30(26,27)18-7-5-6-17(12-18)22(25)23-20-10-11-28-21-9-4-3-8-19(20)21/h3-9,12,15-16,20H,10-11,13-14H2,1-2H3,(H,23,25). The van der Waals surface area contributed by atoms with Gasteiger partial charge in [0.1, 0.15) is 5.75 Å². The minimum atomic E-state index is -3.71. The van der Waals surface area contributed by atoms with Crippen molar-refractivity contribution in [2.45, 2.75) is 43.4 Å². The lowest BCUT2D eigenvalue weighted by molar-refractivity contribution is -0.0440. The molecule has 7 nitrogen and oxygen atoms in total. The minimum Gasteiger partial charge on any atom is -0.493 e. The van der Waals surface area contributed by atoms with Crippen LogP contribution in [0.1, 0.15) is 42.2 Å². The van der Waals surface area contributed by atoms with E-state index in [2.05, 4.69) is 5.32 Å². The number of sulfonamides is 1. The lowest BCUT2D eigenvalue weighted by Crippen LogP contribution is -2.48. The Labute approximate surface area is 177 Å². The second-order valence-corrected chi connectivity index (χ2v) is 9.75. The van der Waals surface area contributed by atoms with Crippen molar-refractivity contribution in [3.05, 3.63) is 59.7 Å². The van der Waals surface area contributed by atoms with Crippen LogP contribution in [0.2, 0.25) is 0 Å². The van der Waals surface area contributed by atoms with Gasteiger partial charge in [0.05, 0.1) is 29.8 Å². The topological polar surface area (TPSA) is 84.9 Å². The maximum atomic E-state index is 13.1. The quantitative estimate of drug-likeness (QED) is 0.806. The van der Waals surface area contributed by atoms with Gasteiger partial charge >= 0.3 is 0 Å². The Bertz CT molecular complexity index is 1030. The molecule has 1 N–H and O–H groups in total. The van der Waals surface area contributed by atoms with E-state index in [9.17, 15) is 13.2 Å². The molecule has 2 aromatic rings. The average Bonchev–Trinajstić information content (AvgIpc) is 2.73. The molecule has 30 heavy (non-hydrogen) atoms. The predicted octanol–water partition coefficient (Wildman–Crippen LogP) is 2.74. The Morgan fingerprint density at radius 2 is 1.80 bits per heavy atom. The highest BCUT2D eigenvalue weighted by atomic mass is 32.2. The molecule has 2 aliphatic rings. The highest BCUT2D eigenvalue weighted by Crippen LogP contribution is 2.32. The zero-order chi connectivity index (χ0) is 21.3. The van der Waals surface area contributed by atoms with Crippen molar-refractivity contribution in [3.8, 4) is 5.75 Å². The average molecular weight is 431 g/mol. The maximum absolute atomic E-state index is 13.1. The van der Waals surface area contributed by atoms with E-state index in [0.717, 1.165) is 11.3 Å². The lowest BCUT2D eigenvalue weighted by Gasteiger charge is -2.34. The molecule has 160 valence electrons. The summed E-state index contributed by atoms with van der Waals surface area (Å²) in [6, 6.07) is 13.6. The van der Waals surface area contributed by atoms with Crippen molar-refractivity contribution in [1.82, 2.24) is 9.62 Å². The minimum absolute atomic E-state index is 0.115. The molecule has 0 spiro atoms. The van der Waals surface area contributed by atoms with E-state index in [4.69, 9.17) is 9.47 Å². The van der Waals surface area contributed by atoms with Crippen LogP contribution >= 0.6 is 0 Å². The van der Waals surface area contributed by atoms with E-state index in [1.54, 1.807) is 12.1 Å². The van der Waals surface area contributed by atoms with Crippen LogP contribution in [0.3, 0.4) is 0 Å². The van der Waals surface area contributed by atoms with Crippen LogP contribution in [-0.4, -0.2) is 50.5 Å². The number of amides is 1. The molecule has 1 amide bonds. The van der Waals surface area contributed by atoms with Gasteiger partial charge < -0.3 is 14.8 Å². The number of fused-ring (bicyclic) bond motifs is 1. The second-order valence-electron chi connectivity index (χ2n) is 7.81. The lowest BCUT2D eigenvalue weighted by atomic mass is 10.00. The van der Waals surface area contributed by atoms with Crippen LogP contribution in [0.5, 0.6) is 5.75 Å². The number of morpholine rings is 1. The Morgan fingerprint density at radius 3 is 2.57 bits per heavy atom. The first-order valence-electron chi connectivity index (χ1n) is 10.1. The van der Waals surface area contributed by atoms with Crippen LogP contribution < -0.4 is 10.1 Å². The fraction of sp³-hybridized carbons (Fsp3) is 0.409. The van der Waals surface area contributed by atoms with Crippen LogP contribution in [0, 0.1) is 0 Å². The highest BCUT2D eigenvalue weighted by molar-refractivity contribution is 7.89. The van der Waals surface area contributed by atoms with Gasteiger partial charge in [-0.3, -0.25) is 4.79 Å². The van der Waals surface area contributed by atoms with Crippen molar-refractivity contribution in [3.63, 3.8) is 0 Å². The monoisotopic (exact) mass is 430 g/mol. The summed E-state index contributed by atoms with van der Waals surface area (Å²) in [6.45, 7) is 4.81. The molecule has 2 aromatic carbocycles. The Hall–Kier alpha value is -2.42. The number of benzene rings is 2. The summed E-state index contributed by atoms with van der Waals surface area (Å²) < 4.78 is 39.0. The first kappa shape index (κ1) is 20.8. The smallest absolute Gasteiger partial charge is 0.251 e. The van der Waals surface area contributed by atoms with Crippen LogP contribution in [0.4, 0.5) is 0 Å². The van der Waals surface area contributed by atoms with Crippen molar-refractivity contribution in [2.24, 2.45) is 0 Å². The highest BCUT2D eigenvalue weighted by Gasteiger charge is 2.32. The maximum Gasteiger partial charge on any atom is 0.251 e. The van der Waals surface area contributed by atoms with Crippen LogP contribution in [0.25, 0.3) is 0 Å². The van der Waals surface area contributed by atoms with Gasteiger partial charge in [-0.25, -0.2) is 8.42 Å². The summed E-state index contributed by atoms with van der Waals surface area (Å²) in [5.41, 5.74) is 1.24. The molecule has 3 atom stereocenters. The van der Waals surface area contributed by atoms with Crippen LogP contribution in [0.15, 0.2) is 53.4 Å². The molecule has 2 aliphatic heterocycles. The van der Waals surface area contributed by atoms with Crippen molar-refractivity contribution >= 4 is 15.9 Å².